The molecule has 0 heterocycles. The maximum atomic E-state index is 4.21. The van der Waals surface area contributed by atoms with Crippen molar-refractivity contribution in [3.05, 3.63) is 0 Å². The summed E-state index contributed by atoms with van der Waals surface area (Å²) in [7, 11) is 7.61. The van der Waals surface area contributed by atoms with E-state index in [2.05, 4.69) is 10.2 Å². The third-order valence-corrected chi connectivity index (χ3v) is 1.07. The highest BCUT2D eigenvalue weighted by atomic mass is 15.4. The molecular weight excluding hydrogens is 152 g/mol. The van der Waals surface area contributed by atoms with Crippen LogP contribution in [0.2, 0.25) is 0 Å². The van der Waals surface area contributed by atoms with Gasteiger partial charge in [-0.15, -0.1) is 0 Å². The third kappa shape index (κ3) is 7.05. The number of rotatable bonds is 4. The molecule has 0 bridgehead atoms. The second-order valence-corrected chi connectivity index (χ2v) is 3.03. The molecule has 0 fully saturated rings. The van der Waals surface area contributed by atoms with E-state index in [9.17, 15) is 0 Å². The predicted molar refractivity (Wildman–Crippen MR) is 53.6 cm³/mol. The highest BCUT2D eigenvalue weighted by Gasteiger charge is 1.88. The van der Waals surface area contributed by atoms with Crippen molar-refractivity contribution < 1.29 is 0 Å². The molecule has 0 aromatic rings. The fourth-order valence-corrected chi connectivity index (χ4v) is 0.718. The van der Waals surface area contributed by atoms with Gasteiger partial charge in [-0.05, 0) is 6.92 Å². The van der Waals surface area contributed by atoms with Gasteiger partial charge in [0, 0.05) is 46.5 Å². The summed E-state index contributed by atoms with van der Waals surface area (Å²) in [5.74, 6) is 0. The normalized spacial score (nSPS) is 12.2. The Hall–Kier alpha value is -1.06. The van der Waals surface area contributed by atoms with E-state index < -0.39 is 0 Å². The minimum Gasteiger partial charge on any atom is -0.303 e. The topological polar surface area (TPSA) is 31.2 Å². The quantitative estimate of drug-likeness (QED) is 0.463. The zero-order chi connectivity index (χ0) is 9.56. The molecule has 0 unspecified atom stereocenters. The first-order chi connectivity index (χ1) is 5.52. The van der Waals surface area contributed by atoms with Gasteiger partial charge in [0.1, 0.15) is 0 Å². The molecule has 0 atom stereocenters. The van der Waals surface area contributed by atoms with Crippen LogP contribution in [0.15, 0.2) is 10.2 Å². The van der Waals surface area contributed by atoms with E-state index in [1.807, 2.05) is 41.3 Å². The Balaban J connectivity index is 3.78. The Morgan fingerprint density at radius 3 is 2.17 bits per heavy atom. The standard InChI is InChI=1S/C8H18N4/c1-8(10-12(4)5)6-7-9-11(2)3/h7H,6H2,1-5H3/b9-7+,10-8-. The van der Waals surface area contributed by atoms with Crippen molar-refractivity contribution in [2.24, 2.45) is 10.2 Å². The Bertz CT molecular complexity index is 170. The lowest BCUT2D eigenvalue weighted by Crippen LogP contribution is -2.07. The molecule has 0 saturated carbocycles. The van der Waals surface area contributed by atoms with Crippen molar-refractivity contribution in [3.63, 3.8) is 0 Å². The van der Waals surface area contributed by atoms with E-state index in [0.717, 1.165) is 12.1 Å². The first-order valence-electron chi connectivity index (χ1n) is 3.93. The van der Waals surface area contributed by atoms with Crippen molar-refractivity contribution in [3.8, 4) is 0 Å². The van der Waals surface area contributed by atoms with Crippen LogP contribution in [-0.2, 0) is 0 Å². The summed E-state index contributed by atoms with van der Waals surface area (Å²) in [4.78, 5) is 0. The van der Waals surface area contributed by atoms with Gasteiger partial charge in [0.25, 0.3) is 0 Å². The van der Waals surface area contributed by atoms with Gasteiger partial charge in [0.05, 0.1) is 0 Å². The van der Waals surface area contributed by atoms with Crippen LogP contribution in [0.3, 0.4) is 0 Å². The highest BCUT2D eigenvalue weighted by molar-refractivity contribution is 5.93. The molecule has 0 aliphatic carbocycles. The van der Waals surface area contributed by atoms with Crippen LogP contribution in [0, 0.1) is 0 Å². The van der Waals surface area contributed by atoms with Crippen LogP contribution >= 0.6 is 0 Å². The molecule has 0 aromatic heterocycles. The van der Waals surface area contributed by atoms with Gasteiger partial charge >= 0.3 is 0 Å². The molecule has 0 N–H and O–H groups in total. The minimum absolute atomic E-state index is 0.802. The van der Waals surface area contributed by atoms with Crippen LogP contribution in [0.4, 0.5) is 0 Å². The SMILES string of the molecule is C/C(C/C=N/N(C)C)=N/N(C)C. The summed E-state index contributed by atoms with van der Waals surface area (Å²) in [6, 6.07) is 0. The second-order valence-electron chi connectivity index (χ2n) is 3.03. The zero-order valence-corrected chi connectivity index (χ0v) is 8.57. The summed E-state index contributed by atoms with van der Waals surface area (Å²) in [6.07, 6.45) is 2.65. The largest absolute Gasteiger partial charge is 0.303 e. The molecule has 0 rings (SSSR count). The van der Waals surface area contributed by atoms with Gasteiger partial charge in [-0.1, -0.05) is 0 Å². The van der Waals surface area contributed by atoms with Crippen LogP contribution < -0.4 is 0 Å². The van der Waals surface area contributed by atoms with E-state index >= 15 is 0 Å². The molecule has 0 aromatic carbocycles. The summed E-state index contributed by atoms with van der Waals surface area (Å²) in [6.45, 7) is 1.99. The molecule has 12 heavy (non-hydrogen) atoms. The first-order valence-corrected chi connectivity index (χ1v) is 3.93. The van der Waals surface area contributed by atoms with Crippen LogP contribution in [0.1, 0.15) is 13.3 Å². The second kappa shape index (κ2) is 5.57. The first kappa shape index (κ1) is 10.9. The zero-order valence-electron chi connectivity index (χ0n) is 8.57. The summed E-state index contributed by atoms with van der Waals surface area (Å²) < 4.78 is 0. The number of nitrogens with zero attached hydrogens (tertiary/aromatic N) is 4. The molecule has 4 nitrogen and oxygen atoms in total. The van der Waals surface area contributed by atoms with Crippen molar-refractivity contribution in [1.29, 1.82) is 0 Å². The molecule has 4 heteroatoms. The average molecular weight is 170 g/mol. The molecule has 0 spiro atoms. The maximum Gasteiger partial charge on any atom is 0.0403 e. The lowest BCUT2D eigenvalue weighted by Gasteiger charge is -2.05. The van der Waals surface area contributed by atoms with Gasteiger partial charge < -0.3 is 10.0 Å². The molecule has 0 amide bonds. The minimum atomic E-state index is 0.802. The fraction of sp³-hybridized carbons (Fsp3) is 0.750. The van der Waals surface area contributed by atoms with E-state index in [1.54, 1.807) is 10.0 Å². The van der Waals surface area contributed by atoms with Crippen molar-refractivity contribution >= 4 is 11.9 Å². The van der Waals surface area contributed by atoms with Crippen molar-refractivity contribution in [2.75, 3.05) is 28.2 Å². The lowest BCUT2D eigenvalue weighted by atomic mass is 10.3. The molecule has 0 radical (unpaired) electrons. The fourth-order valence-electron chi connectivity index (χ4n) is 0.718. The number of hydrogen-bond acceptors (Lipinski definition) is 4. The van der Waals surface area contributed by atoms with Crippen molar-refractivity contribution in [1.82, 2.24) is 10.0 Å². The highest BCUT2D eigenvalue weighted by Crippen LogP contribution is 1.86. The van der Waals surface area contributed by atoms with Crippen LogP contribution in [0.25, 0.3) is 0 Å². The smallest absolute Gasteiger partial charge is 0.0403 e. The van der Waals surface area contributed by atoms with Gasteiger partial charge in [0.15, 0.2) is 0 Å². The summed E-state index contributed by atoms with van der Waals surface area (Å²) in [5.41, 5.74) is 1.06. The molecule has 0 aliphatic rings. The predicted octanol–water partition coefficient (Wildman–Crippen LogP) is 0.861. The number of hydrogen-bond donors (Lipinski definition) is 0. The Morgan fingerprint density at radius 2 is 1.75 bits per heavy atom. The van der Waals surface area contributed by atoms with Gasteiger partial charge in [-0.25, -0.2) is 0 Å². The monoisotopic (exact) mass is 170 g/mol. The summed E-state index contributed by atoms with van der Waals surface area (Å²) in [5, 5.41) is 11.9. The maximum absolute atomic E-state index is 4.21. The van der Waals surface area contributed by atoms with E-state index in [0.29, 0.717) is 0 Å². The molecular formula is C8H18N4. The van der Waals surface area contributed by atoms with Crippen molar-refractivity contribution in [2.45, 2.75) is 13.3 Å². The number of hydrazone groups is 2. The molecule has 70 valence electrons. The van der Waals surface area contributed by atoms with E-state index in [-0.39, 0.29) is 0 Å². The Morgan fingerprint density at radius 1 is 1.17 bits per heavy atom. The Labute approximate surface area is 74.5 Å². The lowest BCUT2D eigenvalue weighted by molar-refractivity contribution is 0.435. The third-order valence-electron chi connectivity index (χ3n) is 1.07. The summed E-state index contributed by atoms with van der Waals surface area (Å²) >= 11 is 0. The van der Waals surface area contributed by atoms with Crippen LogP contribution in [-0.4, -0.2) is 50.1 Å². The van der Waals surface area contributed by atoms with E-state index in [1.165, 1.54) is 0 Å². The molecule has 0 aliphatic heterocycles. The van der Waals surface area contributed by atoms with Crippen LogP contribution in [0.5, 0.6) is 0 Å². The van der Waals surface area contributed by atoms with Gasteiger partial charge in [0.2, 0.25) is 0 Å². The molecule has 0 saturated heterocycles. The van der Waals surface area contributed by atoms with Gasteiger partial charge in [-0.2, -0.15) is 10.2 Å². The Kier molecular flexibility index (Phi) is 5.08. The van der Waals surface area contributed by atoms with E-state index in [4.69, 9.17) is 0 Å². The average Bonchev–Trinajstić information content (AvgIpc) is 1.84. The van der Waals surface area contributed by atoms with Gasteiger partial charge in [-0.3, -0.25) is 0 Å².